The Morgan fingerprint density at radius 1 is 1.35 bits per heavy atom. The number of hydrogen-bond donors (Lipinski definition) is 2. The summed E-state index contributed by atoms with van der Waals surface area (Å²) in [6.07, 6.45) is -3.64. The molecule has 0 atom stereocenters. The van der Waals surface area contributed by atoms with Crippen molar-refractivity contribution in [1.29, 1.82) is 0 Å². The number of nitrogens with one attached hydrogen (secondary N) is 1. The van der Waals surface area contributed by atoms with Crippen molar-refractivity contribution < 1.29 is 27.9 Å². The lowest BCUT2D eigenvalue weighted by molar-refractivity contribution is -0.146. The van der Waals surface area contributed by atoms with Crippen LogP contribution in [0.5, 0.6) is 0 Å². The van der Waals surface area contributed by atoms with Gasteiger partial charge in [0.2, 0.25) is 0 Å². The van der Waals surface area contributed by atoms with E-state index in [0.29, 0.717) is 0 Å². The molecule has 5 nitrogen and oxygen atoms in total. The summed E-state index contributed by atoms with van der Waals surface area (Å²) in [6.45, 7) is 2.38. The van der Waals surface area contributed by atoms with E-state index in [1.165, 1.54) is 13.8 Å². The quantitative estimate of drug-likeness (QED) is 0.888. The Kier molecular flexibility index (Phi) is 4.36. The van der Waals surface area contributed by atoms with E-state index in [-0.39, 0.29) is 6.54 Å². The van der Waals surface area contributed by atoms with Crippen LogP contribution in [-0.2, 0) is 11.0 Å². The Morgan fingerprint density at radius 2 is 1.95 bits per heavy atom. The first-order valence-electron chi connectivity index (χ1n) is 5.59. The van der Waals surface area contributed by atoms with Crippen LogP contribution in [0.15, 0.2) is 18.3 Å². The molecule has 0 radical (unpaired) electrons. The van der Waals surface area contributed by atoms with Crippen LogP contribution in [-0.4, -0.2) is 28.5 Å². The van der Waals surface area contributed by atoms with Gasteiger partial charge < -0.3 is 10.4 Å². The standard InChI is InChI=1S/C12H13F3N2O3/c1-11(2,10(19)20)6-17-9(18)8-7(12(13,14)15)4-3-5-16-8/h3-5H,6H2,1-2H3,(H,17,18)(H,19,20). The SMILES string of the molecule is CC(C)(CNC(=O)c1ncccc1C(F)(F)F)C(=O)O. The van der Waals surface area contributed by atoms with E-state index in [1.807, 2.05) is 0 Å². The maximum absolute atomic E-state index is 12.7. The highest BCUT2D eigenvalue weighted by Crippen LogP contribution is 2.30. The van der Waals surface area contributed by atoms with Crippen LogP contribution in [0.1, 0.15) is 29.9 Å². The third-order valence-electron chi connectivity index (χ3n) is 2.60. The summed E-state index contributed by atoms with van der Waals surface area (Å²) >= 11 is 0. The predicted molar refractivity (Wildman–Crippen MR) is 63.0 cm³/mol. The molecule has 0 saturated heterocycles. The smallest absolute Gasteiger partial charge is 0.418 e. The maximum atomic E-state index is 12.7. The zero-order valence-electron chi connectivity index (χ0n) is 10.8. The van der Waals surface area contributed by atoms with E-state index in [0.717, 1.165) is 18.3 Å². The number of nitrogens with zero attached hydrogens (tertiary/aromatic N) is 1. The van der Waals surface area contributed by atoms with Gasteiger partial charge in [-0.25, -0.2) is 0 Å². The monoisotopic (exact) mass is 290 g/mol. The average molecular weight is 290 g/mol. The summed E-state index contributed by atoms with van der Waals surface area (Å²) in [5.74, 6) is -2.23. The third kappa shape index (κ3) is 3.69. The van der Waals surface area contributed by atoms with E-state index in [4.69, 9.17) is 5.11 Å². The lowest BCUT2D eigenvalue weighted by Crippen LogP contribution is -2.39. The molecule has 0 unspecified atom stereocenters. The molecule has 20 heavy (non-hydrogen) atoms. The fourth-order valence-corrected chi connectivity index (χ4v) is 1.28. The van der Waals surface area contributed by atoms with Gasteiger partial charge in [0.05, 0.1) is 11.0 Å². The zero-order chi connectivity index (χ0) is 15.6. The first-order valence-corrected chi connectivity index (χ1v) is 5.59. The summed E-state index contributed by atoms with van der Waals surface area (Å²) in [5.41, 5.74) is -3.23. The number of carboxylic acid groups (broad SMARTS) is 1. The minimum absolute atomic E-state index is 0.310. The van der Waals surface area contributed by atoms with Crippen molar-refractivity contribution >= 4 is 11.9 Å². The highest BCUT2D eigenvalue weighted by Gasteiger charge is 2.36. The van der Waals surface area contributed by atoms with Gasteiger partial charge in [-0.05, 0) is 26.0 Å². The first kappa shape index (κ1) is 15.9. The van der Waals surface area contributed by atoms with Crippen LogP contribution < -0.4 is 5.32 Å². The van der Waals surface area contributed by atoms with Crippen molar-refractivity contribution in [2.24, 2.45) is 5.41 Å². The van der Waals surface area contributed by atoms with Crippen molar-refractivity contribution in [1.82, 2.24) is 10.3 Å². The molecule has 1 rings (SSSR count). The molecule has 110 valence electrons. The Hall–Kier alpha value is -2.12. The lowest BCUT2D eigenvalue weighted by Gasteiger charge is -2.20. The molecular weight excluding hydrogens is 277 g/mol. The molecule has 0 aliphatic rings. The number of carbonyl (C=O) groups is 2. The minimum Gasteiger partial charge on any atom is -0.481 e. The Bertz CT molecular complexity index is 527. The highest BCUT2D eigenvalue weighted by atomic mass is 19.4. The van der Waals surface area contributed by atoms with Gasteiger partial charge in [0.25, 0.3) is 5.91 Å². The van der Waals surface area contributed by atoms with Crippen molar-refractivity contribution in [3.63, 3.8) is 0 Å². The van der Waals surface area contributed by atoms with E-state index in [1.54, 1.807) is 0 Å². The van der Waals surface area contributed by atoms with E-state index < -0.39 is 34.7 Å². The number of rotatable bonds is 4. The van der Waals surface area contributed by atoms with Gasteiger partial charge in [0.15, 0.2) is 0 Å². The molecule has 0 saturated carbocycles. The summed E-state index contributed by atoms with van der Waals surface area (Å²) in [6, 6.07) is 1.81. The Morgan fingerprint density at radius 3 is 2.45 bits per heavy atom. The van der Waals surface area contributed by atoms with Gasteiger partial charge >= 0.3 is 12.1 Å². The highest BCUT2D eigenvalue weighted by molar-refractivity contribution is 5.94. The molecule has 8 heteroatoms. The lowest BCUT2D eigenvalue weighted by atomic mass is 9.94. The van der Waals surface area contributed by atoms with Crippen LogP contribution in [0, 0.1) is 5.41 Å². The average Bonchev–Trinajstić information content (AvgIpc) is 2.35. The van der Waals surface area contributed by atoms with Gasteiger partial charge in [-0.1, -0.05) is 0 Å². The van der Waals surface area contributed by atoms with Gasteiger partial charge in [0, 0.05) is 12.7 Å². The predicted octanol–water partition coefficient (Wildman–Crippen LogP) is 1.94. The number of halogens is 3. The number of aliphatic carboxylic acids is 1. The first-order chi connectivity index (χ1) is 9.05. The third-order valence-corrected chi connectivity index (χ3v) is 2.60. The van der Waals surface area contributed by atoms with Gasteiger partial charge in [-0.3, -0.25) is 14.6 Å². The summed E-state index contributed by atoms with van der Waals surface area (Å²) in [4.78, 5) is 26.0. The fourth-order valence-electron chi connectivity index (χ4n) is 1.28. The van der Waals surface area contributed by atoms with Crippen LogP contribution in [0.4, 0.5) is 13.2 Å². The van der Waals surface area contributed by atoms with Crippen LogP contribution in [0.25, 0.3) is 0 Å². The molecule has 1 heterocycles. The van der Waals surface area contributed by atoms with Crippen LogP contribution in [0.3, 0.4) is 0 Å². The molecule has 0 aliphatic carbocycles. The number of aromatic nitrogens is 1. The van der Waals surface area contributed by atoms with Crippen molar-refractivity contribution in [2.75, 3.05) is 6.54 Å². The molecule has 0 aromatic carbocycles. The molecular formula is C12H13F3N2O3. The number of carbonyl (C=O) groups excluding carboxylic acids is 1. The van der Waals surface area contributed by atoms with Gasteiger partial charge in [-0.2, -0.15) is 13.2 Å². The maximum Gasteiger partial charge on any atom is 0.418 e. The van der Waals surface area contributed by atoms with Crippen LogP contribution in [0.2, 0.25) is 0 Å². The minimum atomic E-state index is -4.71. The normalized spacial score (nSPS) is 12.1. The molecule has 1 aromatic heterocycles. The zero-order valence-corrected chi connectivity index (χ0v) is 10.8. The number of alkyl halides is 3. The second-order valence-corrected chi connectivity index (χ2v) is 4.77. The number of pyridine rings is 1. The summed E-state index contributed by atoms with van der Waals surface area (Å²) < 4.78 is 38.1. The molecule has 0 spiro atoms. The largest absolute Gasteiger partial charge is 0.481 e. The van der Waals surface area contributed by atoms with E-state index in [2.05, 4.69) is 10.3 Å². The summed E-state index contributed by atoms with van der Waals surface area (Å²) in [7, 11) is 0. The van der Waals surface area contributed by atoms with E-state index in [9.17, 15) is 22.8 Å². The Labute approximate surface area is 112 Å². The van der Waals surface area contributed by atoms with Crippen molar-refractivity contribution in [3.8, 4) is 0 Å². The van der Waals surface area contributed by atoms with Gasteiger partial charge in [0.1, 0.15) is 5.69 Å². The second-order valence-electron chi connectivity index (χ2n) is 4.77. The number of amides is 1. The van der Waals surface area contributed by atoms with E-state index >= 15 is 0 Å². The molecule has 0 fully saturated rings. The van der Waals surface area contributed by atoms with Crippen LogP contribution >= 0.6 is 0 Å². The molecule has 0 aliphatic heterocycles. The van der Waals surface area contributed by atoms with Crippen molar-refractivity contribution in [3.05, 3.63) is 29.6 Å². The molecule has 2 N–H and O–H groups in total. The fraction of sp³-hybridized carbons (Fsp3) is 0.417. The second kappa shape index (κ2) is 5.48. The molecule has 0 bridgehead atoms. The Balaban J connectivity index is 2.92. The topological polar surface area (TPSA) is 79.3 Å². The van der Waals surface area contributed by atoms with Crippen molar-refractivity contribution in [2.45, 2.75) is 20.0 Å². The van der Waals surface area contributed by atoms with Gasteiger partial charge in [-0.15, -0.1) is 0 Å². The molecule has 1 aromatic rings. The molecule has 1 amide bonds. The number of hydrogen-bond acceptors (Lipinski definition) is 3. The summed E-state index contributed by atoms with van der Waals surface area (Å²) in [5, 5.41) is 11.0. The number of carboxylic acids is 1.